The van der Waals surface area contributed by atoms with Gasteiger partial charge in [0.2, 0.25) is 11.8 Å². The summed E-state index contributed by atoms with van der Waals surface area (Å²) in [5.74, 6) is 2.31. The maximum absolute atomic E-state index is 9.21. The van der Waals surface area contributed by atoms with Crippen LogP contribution in [0.5, 0.6) is 17.4 Å². The van der Waals surface area contributed by atoms with E-state index in [0.717, 1.165) is 24.2 Å². The van der Waals surface area contributed by atoms with Crippen molar-refractivity contribution in [3.8, 4) is 39.9 Å². The second-order valence-corrected chi connectivity index (χ2v) is 8.32. The lowest BCUT2D eigenvalue weighted by atomic mass is 10.2. The number of aryl methyl sites for hydroxylation is 2. The number of aromatic nitrogens is 6. The number of ether oxygens (including phenoxy) is 2. The molecule has 188 valence electrons. The molecule has 4 aromatic heterocycles. The number of pyridine rings is 2. The largest absolute Gasteiger partial charge is 0.480 e. The van der Waals surface area contributed by atoms with Crippen LogP contribution in [0.15, 0.2) is 49.1 Å². The van der Waals surface area contributed by atoms with Gasteiger partial charge in [-0.2, -0.15) is 10.1 Å². The van der Waals surface area contributed by atoms with Crippen LogP contribution in [0.3, 0.4) is 0 Å². The molecule has 0 unspecified atom stereocenters. The van der Waals surface area contributed by atoms with Gasteiger partial charge < -0.3 is 19.5 Å². The van der Waals surface area contributed by atoms with E-state index in [1.807, 2.05) is 49.3 Å². The summed E-state index contributed by atoms with van der Waals surface area (Å²) in [4.78, 5) is 20.4. The molecule has 0 aliphatic heterocycles. The summed E-state index contributed by atoms with van der Waals surface area (Å²) in [5.41, 5.74) is 3.79. The Kier molecular flexibility index (Phi) is 8.06. The third kappa shape index (κ3) is 5.77. The van der Waals surface area contributed by atoms with E-state index in [-0.39, 0.29) is 6.61 Å². The number of nitrogens with zero attached hydrogens (tertiary/aromatic N) is 7. The van der Waals surface area contributed by atoms with Crippen LogP contribution < -0.4 is 14.4 Å². The lowest BCUT2D eigenvalue weighted by molar-refractivity contribution is 0.289. The Morgan fingerprint density at radius 3 is 2.61 bits per heavy atom. The van der Waals surface area contributed by atoms with Crippen LogP contribution in [0.1, 0.15) is 25.5 Å². The van der Waals surface area contributed by atoms with Crippen molar-refractivity contribution in [1.82, 2.24) is 29.7 Å². The fourth-order valence-electron chi connectivity index (χ4n) is 3.80. The zero-order valence-electron chi connectivity index (χ0n) is 21.0. The molecule has 0 amide bonds. The summed E-state index contributed by atoms with van der Waals surface area (Å²) < 4.78 is 13.4. The van der Waals surface area contributed by atoms with E-state index in [4.69, 9.17) is 14.5 Å². The van der Waals surface area contributed by atoms with Crippen molar-refractivity contribution in [3.05, 3.63) is 54.7 Å². The van der Waals surface area contributed by atoms with Gasteiger partial charge in [-0.3, -0.25) is 9.67 Å². The number of rotatable bonds is 11. The van der Waals surface area contributed by atoms with Crippen molar-refractivity contribution in [3.63, 3.8) is 0 Å². The van der Waals surface area contributed by atoms with Crippen molar-refractivity contribution in [2.75, 3.05) is 31.7 Å². The normalized spacial score (nSPS) is 10.9. The van der Waals surface area contributed by atoms with E-state index in [1.54, 1.807) is 30.4 Å². The van der Waals surface area contributed by atoms with Gasteiger partial charge in [-0.1, -0.05) is 6.92 Å². The van der Waals surface area contributed by atoms with E-state index in [0.29, 0.717) is 53.2 Å². The fraction of sp³-hybridized carbons (Fsp3) is 0.346. The molecule has 0 aromatic carbocycles. The highest BCUT2D eigenvalue weighted by Crippen LogP contribution is 2.32. The number of hydrogen-bond donors (Lipinski definition) is 1. The second-order valence-electron chi connectivity index (χ2n) is 8.32. The van der Waals surface area contributed by atoms with Crippen LogP contribution >= 0.6 is 0 Å². The molecular weight excluding hydrogens is 458 g/mol. The molecule has 36 heavy (non-hydrogen) atoms. The number of aliphatic hydroxyl groups excluding tert-OH is 1. The van der Waals surface area contributed by atoms with Gasteiger partial charge in [-0.15, -0.1) is 0 Å². The molecule has 0 saturated heterocycles. The predicted molar refractivity (Wildman–Crippen MR) is 137 cm³/mol. The first-order valence-corrected chi connectivity index (χ1v) is 11.9. The lowest BCUT2D eigenvalue weighted by Crippen LogP contribution is -2.28. The first kappa shape index (κ1) is 25.1. The molecule has 4 aromatic rings. The van der Waals surface area contributed by atoms with Crippen LogP contribution in [0.2, 0.25) is 0 Å². The summed E-state index contributed by atoms with van der Waals surface area (Å²) in [5, 5.41) is 13.4. The molecule has 4 rings (SSSR count). The molecule has 0 spiro atoms. The Balaban J connectivity index is 1.56. The van der Waals surface area contributed by atoms with Gasteiger partial charge in [0.1, 0.15) is 11.5 Å². The zero-order chi connectivity index (χ0) is 25.5. The highest BCUT2D eigenvalue weighted by atomic mass is 16.5. The Morgan fingerprint density at radius 2 is 1.92 bits per heavy atom. The van der Waals surface area contributed by atoms with Crippen LogP contribution in [-0.2, 0) is 7.05 Å². The third-order valence-corrected chi connectivity index (χ3v) is 5.57. The topological polar surface area (TPSA) is 111 Å². The van der Waals surface area contributed by atoms with Crippen LogP contribution in [-0.4, -0.2) is 61.6 Å². The maximum atomic E-state index is 9.21. The molecule has 0 saturated carbocycles. The number of hydrogen-bond acceptors (Lipinski definition) is 9. The van der Waals surface area contributed by atoms with Crippen molar-refractivity contribution < 1.29 is 14.6 Å². The van der Waals surface area contributed by atoms with Crippen molar-refractivity contribution in [1.29, 1.82) is 0 Å². The summed E-state index contributed by atoms with van der Waals surface area (Å²) in [7, 11) is 3.45. The van der Waals surface area contributed by atoms with E-state index >= 15 is 0 Å². The van der Waals surface area contributed by atoms with Gasteiger partial charge >= 0.3 is 0 Å². The Hall–Kier alpha value is -4.05. The minimum absolute atomic E-state index is 0.122. The van der Waals surface area contributed by atoms with Crippen molar-refractivity contribution in [2.24, 2.45) is 7.05 Å². The number of aliphatic hydroxyl groups is 1. The standard InChI is InChI=1S/C26H31N7O3/c1-5-11-33(12-6-13-34)26-28-16-21(25(31-26)35-4)22-7-8-24(18(2)30-22)36-20-9-10-27-23(14-20)19-15-29-32(3)17-19/h7-10,14-17,34H,5-6,11-13H2,1-4H3. The molecule has 1 N–H and O–H groups in total. The molecule has 0 aliphatic rings. The summed E-state index contributed by atoms with van der Waals surface area (Å²) >= 11 is 0. The first-order valence-electron chi connectivity index (χ1n) is 11.9. The fourth-order valence-corrected chi connectivity index (χ4v) is 3.80. The predicted octanol–water partition coefficient (Wildman–Crippen LogP) is 4.04. The molecule has 0 fully saturated rings. The molecular formula is C26H31N7O3. The highest BCUT2D eigenvalue weighted by molar-refractivity contribution is 5.66. The summed E-state index contributed by atoms with van der Waals surface area (Å²) in [6, 6.07) is 7.42. The number of anilines is 1. The molecule has 10 heteroatoms. The highest BCUT2D eigenvalue weighted by Gasteiger charge is 2.16. The van der Waals surface area contributed by atoms with Gasteiger partial charge in [0, 0.05) is 57.0 Å². The van der Waals surface area contributed by atoms with Crippen LogP contribution in [0.4, 0.5) is 5.95 Å². The molecule has 0 atom stereocenters. The summed E-state index contributed by atoms with van der Waals surface area (Å²) in [6.07, 6.45) is 8.71. The minimum Gasteiger partial charge on any atom is -0.480 e. The Morgan fingerprint density at radius 1 is 1.06 bits per heavy atom. The summed E-state index contributed by atoms with van der Waals surface area (Å²) in [6.45, 7) is 5.58. The Bertz CT molecular complexity index is 1310. The second kappa shape index (κ2) is 11.6. The quantitative estimate of drug-likeness (QED) is 0.333. The maximum Gasteiger partial charge on any atom is 0.228 e. The van der Waals surface area contributed by atoms with Gasteiger partial charge in [-0.25, -0.2) is 9.97 Å². The van der Waals surface area contributed by atoms with E-state index in [9.17, 15) is 5.11 Å². The van der Waals surface area contributed by atoms with E-state index in [1.165, 1.54) is 0 Å². The molecule has 4 heterocycles. The van der Waals surface area contributed by atoms with Gasteiger partial charge in [0.05, 0.1) is 36.0 Å². The Labute approximate surface area is 210 Å². The molecule has 10 nitrogen and oxygen atoms in total. The van der Waals surface area contributed by atoms with Crippen LogP contribution in [0.25, 0.3) is 22.5 Å². The monoisotopic (exact) mass is 489 g/mol. The molecule has 0 bridgehead atoms. The average Bonchev–Trinajstić information content (AvgIpc) is 3.34. The third-order valence-electron chi connectivity index (χ3n) is 5.57. The van der Waals surface area contributed by atoms with E-state index < -0.39 is 0 Å². The molecule has 0 radical (unpaired) electrons. The van der Waals surface area contributed by atoms with Gasteiger partial charge in [0.25, 0.3) is 0 Å². The lowest BCUT2D eigenvalue weighted by Gasteiger charge is -2.22. The van der Waals surface area contributed by atoms with Crippen LogP contribution in [0, 0.1) is 6.92 Å². The van der Waals surface area contributed by atoms with Crippen molar-refractivity contribution in [2.45, 2.75) is 26.7 Å². The van der Waals surface area contributed by atoms with E-state index in [2.05, 4.69) is 27.0 Å². The van der Waals surface area contributed by atoms with Gasteiger partial charge in [-0.05, 0) is 38.0 Å². The first-order chi connectivity index (χ1) is 17.5. The smallest absolute Gasteiger partial charge is 0.228 e. The number of methoxy groups -OCH3 is 1. The average molecular weight is 490 g/mol. The van der Waals surface area contributed by atoms with Crippen molar-refractivity contribution >= 4 is 5.95 Å². The molecule has 0 aliphatic carbocycles. The SMILES string of the molecule is CCCN(CCCO)c1ncc(-c2ccc(Oc3ccnc(-c4cnn(C)c4)c3)c(C)n2)c(OC)n1. The van der Waals surface area contributed by atoms with Gasteiger partial charge in [0.15, 0.2) is 0 Å². The minimum atomic E-state index is 0.122. The zero-order valence-corrected chi connectivity index (χ0v) is 21.0.